The molecule has 0 amide bonds. The number of rotatable bonds is 1. The highest BCUT2D eigenvalue weighted by atomic mass is 16.3. The van der Waals surface area contributed by atoms with Gasteiger partial charge in [-0.2, -0.15) is 0 Å². The van der Waals surface area contributed by atoms with E-state index < -0.39 is 57.1 Å². The van der Waals surface area contributed by atoms with Gasteiger partial charge in [-0.25, -0.2) is 0 Å². The van der Waals surface area contributed by atoms with Crippen molar-refractivity contribution in [2.24, 2.45) is 0 Å². The maximum atomic E-state index is 12.8. The standard InChI is InChI=1S/C20H18O8/c1-5-13(21)6(2)16(24)9(15(5)23)11-19(27)12(20(11)28)10-17(25)7(3)14(22)8(4)18(10)26/h21,23-27H,1-4H3. The van der Waals surface area contributed by atoms with Gasteiger partial charge in [0.2, 0.25) is 5.78 Å². The lowest BCUT2D eigenvalue weighted by Gasteiger charge is -2.28. The molecule has 3 rings (SSSR count). The van der Waals surface area contributed by atoms with Crippen LogP contribution in [-0.2, 0) is 9.59 Å². The Morgan fingerprint density at radius 2 is 0.929 bits per heavy atom. The van der Waals surface area contributed by atoms with E-state index in [0.717, 1.165) is 0 Å². The first kappa shape index (κ1) is 19.1. The van der Waals surface area contributed by atoms with Crippen molar-refractivity contribution >= 4 is 17.1 Å². The van der Waals surface area contributed by atoms with Crippen LogP contribution < -0.4 is 0 Å². The van der Waals surface area contributed by atoms with Crippen molar-refractivity contribution in [3.63, 3.8) is 0 Å². The summed E-state index contributed by atoms with van der Waals surface area (Å²) in [6, 6.07) is 0. The van der Waals surface area contributed by atoms with Gasteiger partial charge in [0.15, 0.2) is 5.78 Å². The molecule has 0 spiro atoms. The molecule has 0 saturated carbocycles. The molecule has 146 valence electrons. The Labute approximate surface area is 159 Å². The maximum Gasteiger partial charge on any atom is 0.202 e. The fraction of sp³-hybridized carbons (Fsp3) is 0.200. The molecular weight excluding hydrogens is 368 g/mol. The lowest BCUT2D eigenvalue weighted by molar-refractivity contribution is -0.113. The Morgan fingerprint density at radius 3 is 1.32 bits per heavy atom. The van der Waals surface area contributed by atoms with Crippen molar-refractivity contribution in [3.05, 3.63) is 56.3 Å². The van der Waals surface area contributed by atoms with Crippen LogP contribution in [-0.4, -0.2) is 42.2 Å². The Balaban J connectivity index is 2.34. The van der Waals surface area contributed by atoms with Crippen LogP contribution in [0.15, 0.2) is 39.6 Å². The quantitative estimate of drug-likeness (QED) is 0.402. The van der Waals surface area contributed by atoms with Gasteiger partial charge in [-0.3, -0.25) is 9.59 Å². The zero-order chi connectivity index (χ0) is 21.2. The van der Waals surface area contributed by atoms with Crippen molar-refractivity contribution in [1.82, 2.24) is 0 Å². The summed E-state index contributed by atoms with van der Waals surface area (Å²) in [5.74, 6) is -4.98. The molecule has 2 aliphatic carbocycles. The minimum atomic E-state index is -0.865. The number of allylic oxidation sites excluding steroid dienone is 4. The fourth-order valence-electron chi connectivity index (χ4n) is 3.32. The average Bonchev–Trinajstić information content (AvgIpc) is 2.68. The highest BCUT2D eigenvalue weighted by Crippen LogP contribution is 2.51. The van der Waals surface area contributed by atoms with Gasteiger partial charge in [0.1, 0.15) is 34.5 Å². The van der Waals surface area contributed by atoms with E-state index in [1.54, 1.807) is 0 Å². The molecular formula is C20H18O8. The maximum absolute atomic E-state index is 12.8. The lowest BCUT2D eigenvalue weighted by atomic mass is 9.76. The number of aromatic hydroxyl groups is 3. The van der Waals surface area contributed by atoms with Crippen LogP contribution >= 0.6 is 0 Å². The summed E-state index contributed by atoms with van der Waals surface area (Å²) in [5.41, 5.74) is -1.85. The minimum absolute atomic E-state index is 0.0000545. The van der Waals surface area contributed by atoms with Gasteiger partial charge >= 0.3 is 0 Å². The SMILES string of the molecule is CC1=C(O)C(=C2C(=O)C(c3c(O)c(C)c(O)c(C)c3O)=C2O)C(O)=C(C)C1=O. The van der Waals surface area contributed by atoms with E-state index in [2.05, 4.69) is 0 Å². The molecule has 6 N–H and O–H groups in total. The molecule has 0 atom stereocenters. The Morgan fingerprint density at radius 1 is 0.500 bits per heavy atom. The van der Waals surface area contributed by atoms with Crippen LogP contribution in [0.3, 0.4) is 0 Å². The van der Waals surface area contributed by atoms with E-state index >= 15 is 0 Å². The number of hydrogen-bond donors (Lipinski definition) is 6. The smallest absolute Gasteiger partial charge is 0.202 e. The number of phenols is 3. The number of Topliss-reactive ketones (excluding diaryl/α,β-unsaturated/α-hetero) is 2. The first-order chi connectivity index (χ1) is 12.9. The predicted molar refractivity (Wildman–Crippen MR) is 98.2 cm³/mol. The second-order valence-corrected chi connectivity index (χ2v) is 6.75. The molecule has 8 nitrogen and oxygen atoms in total. The number of aliphatic hydroxyl groups excluding tert-OH is 3. The van der Waals surface area contributed by atoms with E-state index in [4.69, 9.17) is 0 Å². The molecule has 0 aliphatic heterocycles. The Hall–Kier alpha value is -3.68. The fourth-order valence-corrected chi connectivity index (χ4v) is 3.32. The van der Waals surface area contributed by atoms with Crippen LogP contribution in [0.4, 0.5) is 0 Å². The third kappa shape index (κ3) is 2.17. The van der Waals surface area contributed by atoms with Gasteiger partial charge in [-0.1, -0.05) is 0 Å². The number of phenolic OH excluding ortho intramolecular Hbond substituents is 3. The number of benzene rings is 1. The molecule has 0 radical (unpaired) electrons. The van der Waals surface area contributed by atoms with E-state index in [1.807, 2.05) is 0 Å². The van der Waals surface area contributed by atoms with E-state index in [9.17, 15) is 40.2 Å². The van der Waals surface area contributed by atoms with Crippen LogP contribution in [0, 0.1) is 13.8 Å². The Kier molecular flexibility index (Phi) is 4.03. The number of carbonyl (C=O) groups is 2. The van der Waals surface area contributed by atoms with E-state index in [0.29, 0.717) is 0 Å². The van der Waals surface area contributed by atoms with Crippen LogP contribution in [0.2, 0.25) is 0 Å². The van der Waals surface area contributed by atoms with Gasteiger partial charge in [0, 0.05) is 22.3 Å². The van der Waals surface area contributed by atoms with Gasteiger partial charge in [-0.15, -0.1) is 0 Å². The van der Waals surface area contributed by atoms with Crippen molar-refractivity contribution in [2.75, 3.05) is 0 Å². The first-order valence-corrected chi connectivity index (χ1v) is 8.25. The molecule has 0 fully saturated rings. The largest absolute Gasteiger partial charge is 0.507 e. The molecule has 0 bridgehead atoms. The van der Waals surface area contributed by atoms with Crippen LogP contribution in [0.1, 0.15) is 30.5 Å². The van der Waals surface area contributed by atoms with Gasteiger partial charge in [0.05, 0.1) is 22.3 Å². The van der Waals surface area contributed by atoms with Crippen molar-refractivity contribution in [2.45, 2.75) is 27.7 Å². The molecule has 0 heterocycles. The topological polar surface area (TPSA) is 156 Å². The summed E-state index contributed by atoms with van der Waals surface area (Å²) < 4.78 is 0. The predicted octanol–water partition coefficient (Wildman–Crippen LogP) is 2.82. The zero-order valence-electron chi connectivity index (χ0n) is 15.5. The molecule has 0 aromatic heterocycles. The van der Waals surface area contributed by atoms with E-state index in [1.165, 1.54) is 27.7 Å². The summed E-state index contributed by atoms with van der Waals surface area (Å²) in [7, 11) is 0. The summed E-state index contributed by atoms with van der Waals surface area (Å²) in [6.45, 7) is 5.35. The van der Waals surface area contributed by atoms with E-state index in [-0.39, 0.29) is 33.6 Å². The monoisotopic (exact) mass is 386 g/mol. The summed E-state index contributed by atoms with van der Waals surface area (Å²) in [6.07, 6.45) is 0. The molecule has 0 unspecified atom stereocenters. The second-order valence-electron chi connectivity index (χ2n) is 6.75. The average molecular weight is 386 g/mol. The molecule has 28 heavy (non-hydrogen) atoms. The molecule has 1 aromatic carbocycles. The minimum Gasteiger partial charge on any atom is -0.507 e. The van der Waals surface area contributed by atoms with Crippen molar-refractivity contribution in [1.29, 1.82) is 0 Å². The number of carbonyl (C=O) groups excluding carboxylic acids is 2. The Bertz CT molecular complexity index is 1070. The van der Waals surface area contributed by atoms with Gasteiger partial charge in [-0.05, 0) is 27.7 Å². The molecule has 2 aliphatic rings. The second kappa shape index (κ2) is 5.91. The highest BCUT2D eigenvalue weighted by molar-refractivity contribution is 6.40. The van der Waals surface area contributed by atoms with Gasteiger partial charge in [0.25, 0.3) is 0 Å². The van der Waals surface area contributed by atoms with Crippen molar-refractivity contribution < 1.29 is 40.2 Å². The number of aliphatic hydroxyl groups is 3. The molecule has 1 aromatic rings. The molecule has 8 heteroatoms. The summed E-state index contributed by atoms with van der Waals surface area (Å²) in [4.78, 5) is 24.7. The van der Waals surface area contributed by atoms with Crippen LogP contribution in [0.25, 0.3) is 5.57 Å². The number of ketones is 2. The highest BCUT2D eigenvalue weighted by Gasteiger charge is 2.44. The van der Waals surface area contributed by atoms with Crippen LogP contribution in [0.5, 0.6) is 17.2 Å². The third-order valence-corrected chi connectivity index (χ3v) is 5.19. The normalized spacial score (nSPS) is 17.7. The third-order valence-electron chi connectivity index (χ3n) is 5.19. The zero-order valence-corrected chi connectivity index (χ0v) is 15.5. The van der Waals surface area contributed by atoms with Gasteiger partial charge < -0.3 is 30.6 Å². The lowest BCUT2D eigenvalue weighted by Crippen LogP contribution is -2.27. The summed E-state index contributed by atoms with van der Waals surface area (Å²) >= 11 is 0. The first-order valence-electron chi connectivity index (χ1n) is 8.25. The number of hydrogen-bond acceptors (Lipinski definition) is 8. The summed E-state index contributed by atoms with van der Waals surface area (Å²) in [5, 5.41) is 61.4. The van der Waals surface area contributed by atoms with Crippen molar-refractivity contribution in [3.8, 4) is 17.2 Å². The molecule has 0 saturated heterocycles.